The third kappa shape index (κ3) is 1.73. The first-order chi connectivity index (χ1) is 8.79. The zero-order chi connectivity index (χ0) is 12.5. The summed E-state index contributed by atoms with van der Waals surface area (Å²) < 4.78 is 10.7. The van der Waals surface area contributed by atoms with Gasteiger partial charge in [-0.05, 0) is 37.7 Å². The summed E-state index contributed by atoms with van der Waals surface area (Å²) in [7, 11) is 1.92. The third-order valence-electron chi connectivity index (χ3n) is 3.11. The summed E-state index contributed by atoms with van der Waals surface area (Å²) in [5.41, 5.74) is 4.25. The summed E-state index contributed by atoms with van der Waals surface area (Å²) in [6.45, 7) is 3.14. The molecule has 1 aromatic carbocycles. The van der Waals surface area contributed by atoms with Gasteiger partial charge in [0.05, 0.1) is 11.4 Å². The molecule has 0 amide bonds. The SMILES string of the molecule is CNCc1[nH]nc(-c2ccc3c(c2)OCO3)c1C. The molecule has 2 aromatic rings. The van der Waals surface area contributed by atoms with Gasteiger partial charge in [-0.15, -0.1) is 0 Å². The van der Waals surface area contributed by atoms with E-state index in [9.17, 15) is 0 Å². The third-order valence-corrected chi connectivity index (χ3v) is 3.11. The van der Waals surface area contributed by atoms with Gasteiger partial charge in [-0.25, -0.2) is 0 Å². The van der Waals surface area contributed by atoms with Crippen molar-refractivity contribution >= 4 is 0 Å². The van der Waals surface area contributed by atoms with E-state index in [2.05, 4.69) is 22.4 Å². The molecule has 1 aliphatic heterocycles. The lowest BCUT2D eigenvalue weighted by Gasteiger charge is -2.02. The fourth-order valence-corrected chi connectivity index (χ4v) is 2.11. The highest BCUT2D eigenvalue weighted by Crippen LogP contribution is 2.36. The van der Waals surface area contributed by atoms with E-state index >= 15 is 0 Å². The maximum Gasteiger partial charge on any atom is 0.231 e. The maximum atomic E-state index is 5.38. The highest BCUT2D eigenvalue weighted by molar-refractivity contribution is 5.67. The lowest BCUT2D eigenvalue weighted by molar-refractivity contribution is 0.174. The van der Waals surface area contributed by atoms with E-state index in [0.717, 1.165) is 40.6 Å². The van der Waals surface area contributed by atoms with Crippen LogP contribution >= 0.6 is 0 Å². The van der Waals surface area contributed by atoms with Crippen LogP contribution in [0.3, 0.4) is 0 Å². The van der Waals surface area contributed by atoms with Gasteiger partial charge < -0.3 is 14.8 Å². The predicted octanol–water partition coefficient (Wildman–Crippen LogP) is 1.83. The molecule has 0 atom stereocenters. The first kappa shape index (κ1) is 11.1. The van der Waals surface area contributed by atoms with E-state index in [1.807, 2.05) is 25.2 Å². The topological polar surface area (TPSA) is 59.2 Å². The van der Waals surface area contributed by atoms with E-state index in [1.54, 1.807) is 0 Å². The maximum absolute atomic E-state index is 5.38. The Morgan fingerprint density at radius 3 is 3.00 bits per heavy atom. The summed E-state index contributed by atoms with van der Waals surface area (Å²) in [5.74, 6) is 1.58. The number of aromatic nitrogens is 2. The molecule has 0 aliphatic carbocycles. The molecule has 0 bridgehead atoms. The number of rotatable bonds is 3. The van der Waals surface area contributed by atoms with Crippen LogP contribution in [0.25, 0.3) is 11.3 Å². The average molecular weight is 245 g/mol. The molecule has 0 saturated heterocycles. The highest BCUT2D eigenvalue weighted by atomic mass is 16.7. The Labute approximate surface area is 105 Å². The van der Waals surface area contributed by atoms with Gasteiger partial charge >= 0.3 is 0 Å². The fourth-order valence-electron chi connectivity index (χ4n) is 2.11. The monoisotopic (exact) mass is 245 g/mol. The van der Waals surface area contributed by atoms with Crippen molar-refractivity contribution in [1.29, 1.82) is 0 Å². The van der Waals surface area contributed by atoms with E-state index in [1.165, 1.54) is 0 Å². The van der Waals surface area contributed by atoms with Crippen molar-refractivity contribution in [2.75, 3.05) is 13.8 Å². The standard InChI is InChI=1S/C13H15N3O2/c1-8-10(6-14-2)15-16-13(8)9-3-4-11-12(5-9)18-7-17-11/h3-5,14H,6-7H2,1-2H3,(H,15,16). The van der Waals surface area contributed by atoms with Crippen LogP contribution in [0.2, 0.25) is 0 Å². The Hall–Kier alpha value is -2.01. The number of ether oxygens (including phenoxy) is 2. The zero-order valence-electron chi connectivity index (χ0n) is 10.4. The van der Waals surface area contributed by atoms with Crippen LogP contribution in [-0.4, -0.2) is 24.0 Å². The Morgan fingerprint density at radius 2 is 2.17 bits per heavy atom. The molecule has 0 fully saturated rings. The summed E-state index contributed by atoms with van der Waals surface area (Å²) >= 11 is 0. The van der Waals surface area contributed by atoms with Gasteiger partial charge in [0.25, 0.3) is 0 Å². The van der Waals surface area contributed by atoms with Gasteiger partial charge in [0.15, 0.2) is 11.5 Å². The molecule has 0 radical (unpaired) electrons. The molecule has 1 aromatic heterocycles. The Bertz CT molecular complexity index is 578. The van der Waals surface area contributed by atoms with Crippen LogP contribution < -0.4 is 14.8 Å². The molecule has 0 spiro atoms. The van der Waals surface area contributed by atoms with E-state index in [0.29, 0.717) is 6.79 Å². The molecule has 94 valence electrons. The second-order valence-electron chi connectivity index (χ2n) is 4.27. The predicted molar refractivity (Wildman–Crippen MR) is 67.6 cm³/mol. The number of nitrogens with one attached hydrogen (secondary N) is 2. The first-order valence-electron chi connectivity index (χ1n) is 5.88. The molecular formula is C13H15N3O2. The number of hydrogen-bond acceptors (Lipinski definition) is 4. The number of fused-ring (bicyclic) bond motifs is 1. The molecule has 2 N–H and O–H groups in total. The zero-order valence-corrected chi connectivity index (χ0v) is 10.4. The Kier molecular flexibility index (Phi) is 2.68. The van der Waals surface area contributed by atoms with Crippen LogP contribution in [0.4, 0.5) is 0 Å². The van der Waals surface area contributed by atoms with Crippen molar-refractivity contribution in [2.45, 2.75) is 13.5 Å². The normalized spacial score (nSPS) is 13.0. The average Bonchev–Trinajstić information content (AvgIpc) is 2.97. The molecule has 1 aliphatic rings. The van der Waals surface area contributed by atoms with Crippen molar-refractivity contribution in [2.24, 2.45) is 0 Å². The molecule has 5 heteroatoms. The summed E-state index contributed by atoms with van der Waals surface area (Å²) in [4.78, 5) is 0. The number of aromatic amines is 1. The van der Waals surface area contributed by atoms with Crippen LogP contribution in [0, 0.1) is 6.92 Å². The van der Waals surface area contributed by atoms with Gasteiger partial charge in [0.2, 0.25) is 6.79 Å². The number of benzene rings is 1. The van der Waals surface area contributed by atoms with Crippen molar-refractivity contribution in [3.63, 3.8) is 0 Å². The Morgan fingerprint density at radius 1 is 1.33 bits per heavy atom. The lowest BCUT2D eigenvalue weighted by atomic mass is 10.1. The molecule has 18 heavy (non-hydrogen) atoms. The number of H-pyrrole nitrogens is 1. The summed E-state index contributed by atoms with van der Waals surface area (Å²) in [5, 5.41) is 10.5. The van der Waals surface area contributed by atoms with Crippen molar-refractivity contribution in [1.82, 2.24) is 15.5 Å². The molecule has 2 heterocycles. The van der Waals surface area contributed by atoms with Crippen LogP contribution in [0.5, 0.6) is 11.5 Å². The summed E-state index contributed by atoms with van der Waals surface area (Å²) in [6.07, 6.45) is 0. The quantitative estimate of drug-likeness (QED) is 0.866. The van der Waals surface area contributed by atoms with Gasteiger partial charge in [-0.3, -0.25) is 5.10 Å². The van der Waals surface area contributed by atoms with Gasteiger partial charge in [-0.2, -0.15) is 5.10 Å². The van der Waals surface area contributed by atoms with E-state index in [-0.39, 0.29) is 0 Å². The number of nitrogens with zero attached hydrogens (tertiary/aromatic N) is 1. The van der Waals surface area contributed by atoms with Gasteiger partial charge in [0.1, 0.15) is 0 Å². The van der Waals surface area contributed by atoms with Crippen molar-refractivity contribution < 1.29 is 9.47 Å². The van der Waals surface area contributed by atoms with Crippen LogP contribution in [0.1, 0.15) is 11.3 Å². The fraction of sp³-hybridized carbons (Fsp3) is 0.308. The molecule has 5 nitrogen and oxygen atoms in total. The minimum Gasteiger partial charge on any atom is -0.454 e. The molecule has 0 unspecified atom stereocenters. The molecular weight excluding hydrogens is 230 g/mol. The summed E-state index contributed by atoms with van der Waals surface area (Å²) in [6, 6.07) is 5.89. The van der Waals surface area contributed by atoms with E-state index < -0.39 is 0 Å². The first-order valence-corrected chi connectivity index (χ1v) is 5.88. The Balaban J connectivity index is 1.99. The van der Waals surface area contributed by atoms with Crippen molar-refractivity contribution in [3.05, 3.63) is 29.5 Å². The molecule has 3 rings (SSSR count). The van der Waals surface area contributed by atoms with Crippen LogP contribution in [0.15, 0.2) is 18.2 Å². The smallest absolute Gasteiger partial charge is 0.231 e. The second kappa shape index (κ2) is 4.34. The minimum atomic E-state index is 0.295. The number of hydrogen-bond donors (Lipinski definition) is 2. The minimum absolute atomic E-state index is 0.295. The van der Waals surface area contributed by atoms with Crippen LogP contribution in [-0.2, 0) is 6.54 Å². The molecule has 0 saturated carbocycles. The lowest BCUT2D eigenvalue weighted by Crippen LogP contribution is -2.06. The second-order valence-corrected chi connectivity index (χ2v) is 4.27. The van der Waals surface area contributed by atoms with Crippen molar-refractivity contribution in [3.8, 4) is 22.8 Å². The van der Waals surface area contributed by atoms with Gasteiger partial charge in [-0.1, -0.05) is 0 Å². The largest absolute Gasteiger partial charge is 0.454 e. The van der Waals surface area contributed by atoms with E-state index in [4.69, 9.17) is 9.47 Å². The highest BCUT2D eigenvalue weighted by Gasteiger charge is 2.16. The van der Waals surface area contributed by atoms with Gasteiger partial charge in [0, 0.05) is 12.1 Å².